The summed E-state index contributed by atoms with van der Waals surface area (Å²) < 4.78 is 0. The standard InChI is InChI=1S/C10H20BrNO2/c1-3-9(4-2)12(7-8-13)10(14)5-6-11/h9,13H,3-8H2,1-2H3. The molecule has 0 radical (unpaired) electrons. The van der Waals surface area contributed by atoms with E-state index in [0.717, 1.165) is 12.8 Å². The number of alkyl halides is 1. The predicted molar refractivity (Wildman–Crippen MR) is 61.6 cm³/mol. The maximum Gasteiger partial charge on any atom is 0.223 e. The minimum absolute atomic E-state index is 0.0462. The molecule has 0 aliphatic heterocycles. The monoisotopic (exact) mass is 265 g/mol. The molecule has 0 saturated carbocycles. The Labute approximate surface area is 94.6 Å². The molecule has 0 rings (SSSR count). The average Bonchev–Trinajstić information content (AvgIpc) is 2.18. The number of aliphatic hydroxyl groups is 1. The average molecular weight is 266 g/mol. The fourth-order valence-electron chi connectivity index (χ4n) is 1.57. The van der Waals surface area contributed by atoms with E-state index in [-0.39, 0.29) is 18.6 Å². The van der Waals surface area contributed by atoms with Crippen LogP contribution in [0.3, 0.4) is 0 Å². The minimum atomic E-state index is 0.0462. The van der Waals surface area contributed by atoms with Crippen LogP contribution in [-0.4, -0.2) is 40.4 Å². The van der Waals surface area contributed by atoms with Crippen molar-refractivity contribution in [1.29, 1.82) is 0 Å². The van der Waals surface area contributed by atoms with E-state index >= 15 is 0 Å². The van der Waals surface area contributed by atoms with Crippen molar-refractivity contribution in [3.05, 3.63) is 0 Å². The molecule has 4 heteroatoms. The van der Waals surface area contributed by atoms with Crippen LogP contribution in [0, 0.1) is 0 Å². The summed E-state index contributed by atoms with van der Waals surface area (Å²) >= 11 is 3.25. The molecule has 0 atom stereocenters. The topological polar surface area (TPSA) is 40.5 Å². The lowest BCUT2D eigenvalue weighted by molar-refractivity contribution is -0.133. The number of carbonyl (C=O) groups excluding carboxylic acids is 1. The van der Waals surface area contributed by atoms with Crippen LogP contribution in [-0.2, 0) is 4.79 Å². The molecule has 0 heterocycles. The Kier molecular flexibility index (Phi) is 8.18. The van der Waals surface area contributed by atoms with Crippen molar-refractivity contribution in [3.63, 3.8) is 0 Å². The molecule has 0 aromatic heterocycles. The zero-order valence-corrected chi connectivity index (χ0v) is 10.6. The molecule has 0 aliphatic carbocycles. The zero-order chi connectivity index (χ0) is 11.0. The second kappa shape index (κ2) is 8.24. The van der Waals surface area contributed by atoms with Crippen LogP contribution < -0.4 is 0 Å². The van der Waals surface area contributed by atoms with Gasteiger partial charge in [0.1, 0.15) is 0 Å². The number of carbonyl (C=O) groups is 1. The van der Waals surface area contributed by atoms with Gasteiger partial charge in [-0.05, 0) is 12.8 Å². The van der Waals surface area contributed by atoms with Gasteiger partial charge in [-0.15, -0.1) is 0 Å². The van der Waals surface area contributed by atoms with Crippen LogP contribution in [0.15, 0.2) is 0 Å². The third kappa shape index (κ3) is 4.42. The SMILES string of the molecule is CCC(CC)N(CCO)C(=O)CCBr. The van der Waals surface area contributed by atoms with Gasteiger partial charge in [-0.1, -0.05) is 29.8 Å². The molecule has 0 unspecified atom stereocenters. The van der Waals surface area contributed by atoms with Gasteiger partial charge in [0.15, 0.2) is 0 Å². The summed E-state index contributed by atoms with van der Waals surface area (Å²) in [5, 5.41) is 9.58. The number of aliphatic hydroxyl groups excluding tert-OH is 1. The Balaban J connectivity index is 4.31. The molecule has 0 spiro atoms. The maximum atomic E-state index is 11.7. The molecule has 0 aromatic rings. The summed E-state index contributed by atoms with van der Waals surface area (Å²) in [5.41, 5.74) is 0. The van der Waals surface area contributed by atoms with Crippen molar-refractivity contribution >= 4 is 21.8 Å². The molecule has 14 heavy (non-hydrogen) atoms. The van der Waals surface area contributed by atoms with Gasteiger partial charge >= 0.3 is 0 Å². The van der Waals surface area contributed by atoms with Crippen molar-refractivity contribution in [2.24, 2.45) is 0 Å². The third-order valence-electron chi connectivity index (χ3n) is 2.35. The second-order valence-electron chi connectivity index (χ2n) is 3.22. The van der Waals surface area contributed by atoms with E-state index < -0.39 is 0 Å². The first-order valence-corrected chi connectivity index (χ1v) is 6.29. The second-order valence-corrected chi connectivity index (χ2v) is 4.01. The summed E-state index contributed by atoms with van der Waals surface area (Å²) in [4.78, 5) is 13.5. The van der Waals surface area contributed by atoms with Crippen molar-refractivity contribution in [2.75, 3.05) is 18.5 Å². The molecule has 0 bridgehead atoms. The van der Waals surface area contributed by atoms with Gasteiger partial charge in [0.2, 0.25) is 5.91 Å². The summed E-state index contributed by atoms with van der Waals surface area (Å²) in [5.74, 6) is 0.129. The van der Waals surface area contributed by atoms with E-state index in [1.165, 1.54) is 0 Å². The third-order valence-corrected chi connectivity index (χ3v) is 2.75. The van der Waals surface area contributed by atoms with Gasteiger partial charge in [-0.25, -0.2) is 0 Å². The fraction of sp³-hybridized carbons (Fsp3) is 0.900. The van der Waals surface area contributed by atoms with Crippen LogP contribution in [0.5, 0.6) is 0 Å². The molecule has 0 aromatic carbocycles. The molecule has 3 nitrogen and oxygen atoms in total. The van der Waals surface area contributed by atoms with Gasteiger partial charge in [0, 0.05) is 24.3 Å². The molecule has 0 saturated heterocycles. The van der Waals surface area contributed by atoms with Crippen LogP contribution in [0.2, 0.25) is 0 Å². The highest BCUT2D eigenvalue weighted by molar-refractivity contribution is 9.09. The lowest BCUT2D eigenvalue weighted by Crippen LogP contribution is -2.41. The summed E-state index contributed by atoms with van der Waals surface area (Å²) in [6.07, 6.45) is 2.41. The number of hydrogen-bond donors (Lipinski definition) is 1. The predicted octanol–water partition coefficient (Wildman–Crippen LogP) is 1.78. The highest BCUT2D eigenvalue weighted by Crippen LogP contribution is 2.10. The first kappa shape index (κ1) is 13.9. The lowest BCUT2D eigenvalue weighted by Gasteiger charge is -2.29. The molecular formula is C10H20BrNO2. The van der Waals surface area contributed by atoms with Crippen LogP contribution in [0.4, 0.5) is 0 Å². The summed E-state index contributed by atoms with van der Waals surface area (Å²) in [6, 6.07) is 0.272. The summed E-state index contributed by atoms with van der Waals surface area (Å²) in [6.45, 7) is 4.64. The Bertz CT molecular complexity index is 160. The van der Waals surface area contributed by atoms with Crippen LogP contribution in [0.25, 0.3) is 0 Å². The fourth-order valence-corrected chi connectivity index (χ4v) is 1.91. The molecule has 1 amide bonds. The van der Waals surface area contributed by atoms with Gasteiger partial charge in [-0.2, -0.15) is 0 Å². The zero-order valence-electron chi connectivity index (χ0n) is 9.00. The Morgan fingerprint density at radius 1 is 1.43 bits per heavy atom. The number of amides is 1. The van der Waals surface area contributed by atoms with E-state index in [0.29, 0.717) is 18.3 Å². The van der Waals surface area contributed by atoms with Crippen molar-refractivity contribution in [2.45, 2.75) is 39.2 Å². The van der Waals surface area contributed by atoms with Crippen LogP contribution in [0.1, 0.15) is 33.1 Å². The highest BCUT2D eigenvalue weighted by atomic mass is 79.9. The quantitative estimate of drug-likeness (QED) is 0.713. The molecule has 0 aliphatic rings. The highest BCUT2D eigenvalue weighted by Gasteiger charge is 2.19. The smallest absolute Gasteiger partial charge is 0.223 e. The normalized spacial score (nSPS) is 10.6. The van der Waals surface area contributed by atoms with E-state index in [9.17, 15) is 4.79 Å². The maximum absolute atomic E-state index is 11.7. The summed E-state index contributed by atoms with van der Waals surface area (Å²) in [7, 11) is 0. The van der Waals surface area contributed by atoms with Gasteiger partial charge in [-0.3, -0.25) is 4.79 Å². The van der Waals surface area contributed by atoms with Gasteiger partial charge in [0.25, 0.3) is 0 Å². The molecule has 84 valence electrons. The minimum Gasteiger partial charge on any atom is -0.395 e. The van der Waals surface area contributed by atoms with Crippen molar-refractivity contribution in [3.8, 4) is 0 Å². The van der Waals surface area contributed by atoms with Crippen LogP contribution >= 0.6 is 15.9 Å². The molecule has 1 N–H and O–H groups in total. The van der Waals surface area contributed by atoms with Gasteiger partial charge in [0.05, 0.1) is 6.61 Å². The largest absolute Gasteiger partial charge is 0.395 e. The van der Waals surface area contributed by atoms with E-state index in [4.69, 9.17) is 5.11 Å². The van der Waals surface area contributed by atoms with E-state index in [1.54, 1.807) is 4.90 Å². The molecule has 0 fully saturated rings. The Morgan fingerprint density at radius 3 is 2.36 bits per heavy atom. The van der Waals surface area contributed by atoms with E-state index in [1.807, 2.05) is 0 Å². The Morgan fingerprint density at radius 2 is 2.00 bits per heavy atom. The number of hydrogen-bond acceptors (Lipinski definition) is 2. The number of halogens is 1. The Hall–Kier alpha value is -0.0900. The first-order valence-electron chi connectivity index (χ1n) is 5.17. The number of rotatable bonds is 7. The van der Waals surface area contributed by atoms with Gasteiger partial charge < -0.3 is 10.0 Å². The van der Waals surface area contributed by atoms with Crippen molar-refractivity contribution in [1.82, 2.24) is 4.90 Å². The molecular weight excluding hydrogens is 246 g/mol. The lowest BCUT2D eigenvalue weighted by atomic mass is 10.1. The first-order chi connectivity index (χ1) is 6.71. The number of nitrogens with zero attached hydrogens (tertiary/aromatic N) is 1. The van der Waals surface area contributed by atoms with Crippen molar-refractivity contribution < 1.29 is 9.90 Å². The van der Waals surface area contributed by atoms with E-state index in [2.05, 4.69) is 29.8 Å².